The molecule has 5 nitrogen and oxygen atoms in total. The van der Waals surface area contributed by atoms with Gasteiger partial charge in [0.1, 0.15) is 11.5 Å². The lowest BCUT2D eigenvalue weighted by molar-refractivity contribution is 0.199. The number of ether oxygens (including phenoxy) is 1. The second-order valence-electron chi connectivity index (χ2n) is 3.79. The summed E-state index contributed by atoms with van der Waals surface area (Å²) >= 11 is 0. The quantitative estimate of drug-likeness (QED) is 0.760. The van der Waals surface area contributed by atoms with Crippen LogP contribution in [0, 0.1) is 5.82 Å². The average molecular weight is 250 g/mol. The van der Waals surface area contributed by atoms with Crippen LogP contribution in [0.1, 0.15) is 5.69 Å². The molecule has 0 radical (unpaired) electrons. The molecular weight excluding hydrogens is 235 g/mol. The highest BCUT2D eigenvalue weighted by molar-refractivity contribution is 5.48. The highest BCUT2D eigenvalue weighted by Crippen LogP contribution is 2.12. The molecule has 2 heterocycles. The van der Waals surface area contributed by atoms with Gasteiger partial charge in [-0.25, -0.2) is 14.4 Å². The Balaban J connectivity index is 1.95. The third-order valence-electron chi connectivity index (χ3n) is 2.40. The minimum atomic E-state index is -0.355. The Morgan fingerprint density at radius 2 is 2.22 bits per heavy atom. The van der Waals surface area contributed by atoms with Crippen molar-refractivity contribution in [3.8, 4) is 11.5 Å². The van der Waals surface area contributed by atoms with Crippen LogP contribution in [0.15, 0.2) is 24.5 Å². The number of hydrogen-bond acceptors (Lipinski definition) is 4. The molecule has 0 aliphatic carbocycles. The van der Waals surface area contributed by atoms with Crippen molar-refractivity contribution in [2.45, 2.75) is 6.54 Å². The number of nitrogens with one attached hydrogen (secondary N) is 2. The lowest BCUT2D eigenvalue weighted by Crippen LogP contribution is -2.18. The summed E-state index contributed by atoms with van der Waals surface area (Å²) in [5, 5.41) is 3.20. The molecule has 0 saturated carbocycles. The van der Waals surface area contributed by atoms with Gasteiger partial charge in [-0.1, -0.05) is 0 Å². The number of nitrogens with zero attached hydrogens (tertiary/aromatic N) is 2. The van der Waals surface area contributed by atoms with Gasteiger partial charge < -0.3 is 15.0 Å². The second-order valence-corrected chi connectivity index (χ2v) is 3.79. The van der Waals surface area contributed by atoms with Crippen molar-refractivity contribution in [1.29, 1.82) is 0 Å². The van der Waals surface area contributed by atoms with E-state index in [1.54, 1.807) is 19.4 Å². The highest BCUT2D eigenvalue weighted by Gasteiger charge is 2.04. The fourth-order valence-electron chi connectivity index (χ4n) is 1.49. The zero-order valence-electron chi connectivity index (χ0n) is 10.1. The minimum absolute atomic E-state index is 0.355. The van der Waals surface area contributed by atoms with Crippen LogP contribution < -0.4 is 5.32 Å². The summed E-state index contributed by atoms with van der Waals surface area (Å²) in [4.78, 5) is 11.3. The summed E-state index contributed by atoms with van der Waals surface area (Å²) in [6.07, 6.45) is 2.91. The van der Waals surface area contributed by atoms with Crippen LogP contribution in [0.25, 0.3) is 11.5 Å². The van der Waals surface area contributed by atoms with Gasteiger partial charge in [0.25, 0.3) is 0 Å². The van der Waals surface area contributed by atoms with Crippen LogP contribution in [0.5, 0.6) is 0 Å². The number of aromatic nitrogens is 3. The van der Waals surface area contributed by atoms with Gasteiger partial charge in [-0.15, -0.1) is 0 Å². The topological polar surface area (TPSA) is 62.8 Å². The van der Waals surface area contributed by atoms with E-state index < -0.39 is 0 Å². The first-order valence-corrected chi connectivity index (χ1v) is 5.65. The zero-order chi connectivity index (χ0) is 12.8. The fourth-order valence-corrected chi connectivity index (χ4v) is 1.49. The molecule has 2 rings (SSSR count). The Hall–Kier alpha value is -1.79. The van der Waals surface area contributed by atoms with E-state index in [2.05, 4.69) is 20.3 Å². The molecule has 0 unspecified atom stereocenters. The molecule has 6 heteroatoms. The molecule has 0 saturated heterocycles. The van der Waals surface area contributed by atoms with Crippen molar-refractivity contribution in [3.05, 3.63) is 36.0 Å². The third kappa shape index (κ3) is 3.35. The molecule has 0 bridgehead atoms. The largest absolute Gasteiger partial charge is 0.383 e. The number of pyridine rings is 1. The van der Waals surface area contributed by atoms with Gasteiger partial charge in [0, 0.05) is 25.9 Å². The molecule has 0 amide bonds. The lowest BCUT2D eigenvalue weighted by Gasteiger charge is -2.01. The standard InChI is InChI=1S/C12H15FN4O/c1-18-5-4-14-7-10-8-16-12(17-10)11-3-2-9(13)6-15-11/h2-3,6,8,14H,4-5,7H2,1H3,(H,16,17). The van der Waals surface area contributed by atoms with Crippen molar-refractivity contribution < 1.29 is 9.13 Å². The number of imidazole rings is 1. The first-order chi connectivity index (χ1) is 8.79. The van der Waals surface area contributed by atoms with Crippen molar-refractivity contribution in [1.82, 2.24) is 20.3 Å². The van der Waals surface area contributed by atoms with E-state index in [4.69, 9.17) is 4.74 Å². The highest BCUT2D eigenvalue weighted by atomic mass is 19.1. The van der Waals surface area contributed by atoms with Gasteiger partial charge >= 0.3 is 0 Å². The van der Waals surface area contributed by atoms with Crippen molar-refractivity contribution in [2.24, 2.45) is 0 Å². The maximum absolute atomic E-state index is 12.7. The van der Waals surface area contributed by atoms with Gasteiger partial charge in [0.05, 0.1) is 19.0 Å². The Bertz CT molecular complexity index is 483. The summed E-state index contributed by atoms with van der Waals surface area (Å²) in [5.41, 5.74) is 1.58. The normalized spacial score (nSPS) is 10.8. The molecular formula is C12H15FN4O. The summed E-state index contributed by atoms with van der Waals surface area (Å²) < 4.78 is 17.7. The predicted molar refractivity (Wildman–Crippen MR) is 65.4 cm³/mol. The van der Waals surface area contributed by atoms with E-state index in [0.29, 0.717) is 24.7 Å². The molecule has 0 atom stereocenters. The van der Waals surface area contributed by atoms with E-state index in [1.165, 1.54) is 12.3 Å². The van der Waals surface area contributed by atoms with E-state index in [-0.39, 0.29) is 5.82 Å². The van der Waals surface area contributed by atoms with Gasteiger partial charge in [-0.3, -0.25) is 0 Å². The van der Waals surface area contributed by atoms with E-state index in [1.807, 2.05) is 0 Å². The lowest BCUT2D eigenvalue weighted by atomic mass is 10.3. The number of halogens is 1. The maximum Gasteiger partial charge on any atom is 0.156 e. The minimum Gasteiger partial charge on any atom is -0.383 e. The SMILES string of the molecule is COCCNCc1cnc(-c2ccc(F)cn2)[nH]1. The molecule has 0 spiro atoms. The number of hydrogen-bond donors (Lipinski definition) is 2. The van der Waals surface area contributed by atoms with E-state index in [9.17, 15) is 4.39 Å². The molecule has 0 fully saturated rings. The molecule has 2 N–H and O–H groups in total. The van der Waals surface area contributed by atoms with E-state index in [0.717, 1.165) is 12.2 Å². The molecule has 0 aromatic carbocycles. The van der Waals surface area contributed by atoms with Crippen molar-refractivity contribution >= 4 is 0 Å². The molecule has 96 valence electrons. The third-order valence-corrected chi connectivity index (χ3v) is 2.40. The van der Waals surface area contributed by atoms with Crippen LogP contribution in [-0.2, 0) is 11.3 Å². The summed E-state index contributed by atoms with van der Waals surface area (Å²) in [7, 11) is 1.66. The summed E-state index contributed by atoms with van der Waals surface area (Å²) in [6.45, 7) is 2.12. The average Bonchev–Trinajstić information content (AvgIpc) is 2.84. The van der Waals surface area contributed by atoms with E-state index >= 15 is 0 Å². The second kappa shape index (κ2) is 6.23. The van der Waals surface area contributed by atoms with Gasteiger partial charge in [-0.2, -0.15) is 0 Å². The monoisotopic (exact) mass is 250 g/mol. The summed E-state index contributed by atoms with van der Waals surface area (Å²) in [5.74, 6) is 0.283. The maximum atomic E-state index is 12.7. The number of aromatic amines is 1. The van der Waals surface area contributed by atoms with Gasteiger partial charge in [0.15, 0.2) is 5.82 Å². The van der Waals surface area contributed by atoms with Crippen molar-refractivity contribution in [2.75, 3.05) is 20.3 Å². The Labute approximate surface area is 104 Å². The molecule has 2 aromatic rings. The Morgan fingerprint density at radius 1 is 1.33 bits per heavy atom. The van der Waals surface area contributed by atoms with Crippen LogP contribution in [-0.4, -0.2) is 35.2 Å². The van der Waals surface area contributed by atoms with Gasteiger partial charge in [-0.05, 0) is 12.1 Å². The molecule has 2 aromatic heterocycles. The van der Waals surface area contributed by atoms with Crippen LogP contribution >= 0.6 is 0 Å². The smallest absolute Gasteiger partial charge is 0.156 e. The first-order valence-electron chi connectivity index (χ1n) is 5.65. The molecule has 0 aliphatic rings. The molecule has 18 heavy (non-hydrogen) atoms. The Kier molecular flexibility index (Phi) is 4.38. The predicted octanol–water partition coefficient (Wildman–Crippen LogP) is 1.35. The van der Waals surface area contributed by atoms with Crippen LogP contribution in [0.4, 0.5) is 4.39 Å². The summed E-state index contributed by atoms with van der Waals surface area (Å²) in [6, 6.07) is 2.96. The van der Waals surface area contributed by atoms with Crippen LogP contribution in [0.3, 0.4) is 0 Å². The van der Waals surface area contributed by atoms with Crippen LogP contribution in [0.2, 0.25) is 0 Å². The number of methoxy groups -OCH3 is 1. The first kappa shape index (κ1) is 12.7. The fraction of sp³-hybridized carbons (Fsp3) is 0.333. The molecule has 0 aliphatic heterocycles. The Morgan fingerprint density at radius 3 is 2.94 bits per heavy atom. The zero-order valence-corrected chi connectivity index (χ0v) is 10.1. The van der Waals surface area contributed by atoms with Gasteiger partial charge in [0.2, 0.25) is 0 Å². The van der Waals surface area contributed by atoms with Crippen molar-refractivity contribution in [3.63, 3.8) is 0 Å². The number of H-pyrrole nitrogens is 1. The number of rotatable bonds is 6.